The van der Waals surface area contributed by atoms with Crippen LogP contribution in [-0.2, 0) is 4.74 Å². The van der Waals surface area contributed by atoms with E-state index in [4.69, 9.17) is 4.74 Å². The summed E-state index contributed by atoms with van der Waals surface area (Å²) >= 11 is 0. The summed E-state index contributed by atoms with van der Waals surface area (Å²) in [6.07, 6.45) is -0.151. The van der Waals surface area contributed by atoms with E-state index < -0.39 is 0 Å². The summed E-state index contributed by atoms with van der Waals surface area (Å²) in [5.74, 6) is 0.311. The van der Waals surface area contributed by atoms with Crippen LogP contribution in [-0.4, -0.2) is 13.2 Å². The fourth-order valence-corrected chi connectivity index (χ4v) is 1.57. The Kier molecular flexibility index (Phi) is 4.51. The minimum Gasteiger partial charge on any atom is -0.359 e. The van der Waals surface area contributed by atoms with Crippen molar-refractivity contribution in [3.63, 3.8) is 0 Å². The van der Waals surface area contributed by atoms with Gasteiger partial charge in [0.15, 0.2) is 0 Å². The molecule has 2 unspecified atom stereocenters. The molecule has 0 aliphatic carbocycles. The minimum atomic E-state index is -0.216. The number of rotatable bonds is 1. The molecular weight excluding hydrogens is 217 g/mol. The average Bonchev–Trinajstić information content (AvgIpc) is 2.19. The molecule has 0 saturated carbocycles. The summed E-state index contributed by atoms with van der Waals surface area (Å²) in [7, 11) is 0. The number of hydrogen-bond acceptors (Lipinski definition) is 2. The Balaban J connectivity index is 0.00000112. The van der Waals surface area contributed by atoms with Crippen LogP contribution >= 0.6 is 12.4 Å². The zero-order chi connectivity index (χ0) is 9.97. The van der Waals surface area contributed by atoms with Gasteiger partial charge in [-0.2, -0.15) is 0 Å². The summed E-state index contributed by atoms with van der Waals surface area (Å²) in [6.45, 7) is 3.77. The Labute approximate surface area is 95.2 Å². The van der Waals surface area contributed by atoms with Gasteiger partial charge < -0.3 is 4.74 Å². The molecule has 1 saturated heterocycles. The van der Waals surface area contributed by atoms with E-state index in [9.17, 15) is 4.39 Å². The van der Waals surface area contributed by atoms with E-state index in [1.165, 1.54) is 12.1 Å². The maximum absolute atomic E-state index is 12.9. The van der Waals surface area contributed by atoms with Crippen LogP contribution in [0.3, 0.4) is 0 Å². The molecule has 1 aliphatic heterocycles. The Morgan fingerprint density at radius 2 is 2.27 bits per heavy atom. The molecule has 1 N–H and O–H groups in total. The molecule has 0 spiro atoms. The lowest BCUT2D eigenvalue weighted by Crippen LogP contribution is -2.36. The maximum atomic E-state index is 12.9. The Morgan fingerprint density at radius 3 is 2.87 bits per heavy atom. The molecule has 0 aromatic heterocycles. The molecule has 2 atom stereocenters. The lowest BCUT2D eigenvalue weighted by atomic mass is 10.1. The summed E-state index contributed by atoms with van der Waals surface area (Å²) in [6, 6.07) is 6.52. The number of hydrogen-bond donors (Lipinski definition) is 1. The first-order chi connectivity index (χ1) is 6.75. The van der Waals surface area contributed by atoms with Crippen LogP contribution in [0.4, 0.5) is 4.39 Å². The van der Waals surface area contributed by atoms with Crippen molar-refractivity contribution < 1.29 is 9.13 Å². The highest BCUT2D eigenvalue weighted by molar-refractivity contribution is 5.85. The van der Waals surface area contributed by atoms with Gasteiger partial charge in [-0.3, -0.25) is 5.32 Å². The van der Waals surface area contributed by atoms with Crippen LogP contribution in [0, 0.1) is 11.7 Å². The SMILES string of the molecule is CC1CNC(c2cccc(F)c2)OC1.Cl. The van der Waals surface area contributed by atoms with Gasteiger partial charge >= 0.3 is 0 Å². The fourth-order valence-electron chi connectivity index (χ4n) is 1.57. The van der Waals surface area contributed by atoms with Crippen molar-refractivity contribution in [2.24, 2.45) is 5.92 Å². The van der Waals surface area contributed by atoms with Gasteiger partial charge in [-0.25, -0.2) is 4.39 Å². The molecular formula is C11H15ClFNO. The van der Waals surface area contributed by atoms with Gasteiger partial charge in [0.2, 0.25) is 0 Å². The van der Waals surface area contributed by atoms with E-state index in [1.807, 2.05) is 6.07 Å². The van der Waals surface area contributed by atoms with Gasteiger partial charge in [-0.05, 0) is 23.6 Å². The van der Waals surface area contributed by atoms with Crippen molar-refractivity contribution >= 4 is 12.4 Å². The maximum Gasteiger partial charge on any atom is 0.134 e. The molecule has 0 amide bonds. The highest BCUT2D eigenvalue weighted by Gasteiger charge is 2.19. The van der Waals surface area contributed by atoms with Crippen molar-refractivity contribution in [1.82, 2.24) is 5.32 Å². The third kappa shape index (κ3) is 3.16. The third-order valence-corrected chi connectivity index (χ3v) is 2.35. The lowest BCUT2D eigenvalue weighted by molar-refractivity contribution is -0.0255. The Morgan fingerprint density at radius 1 is 1.47 bits per heavy atom. The van der Waals surface area contributed by atoms with Gasteiger partial charge in [-0.15, -0.1) is 12.4 Å². The van der Waals surface area contributed by atoms with Gasteiger partial charge in [-0.1, -0.05) is 19.1 Å². The summed E-state index contributed by atoms with van der Waals surface area (Å²) in [5.41, 5.74) is 0.858. The molecule has 0 radical (unpaired) electrons. The van der Waals surface area contributed by atoms with E-state index in [0.717, 1.165) is 18.7 Å². The summed E-state index contributed by atoms with van der Waals surface area (Å²) in [5, 5.41) is 3.22. The third-order valence-electron chi connectivity index (χ3n) is 2.35. The molecule has 1 aromatic rings. The van der Waals surface area contributed by atoms with E-state index in [-0.39, 0.29) is 24.5 Å². The lowest BCUT2D eigenvalue weighted by Gasteiger charge is -2.28. The van der Waals surface area contributed by atoms with Crippen molar-refractivity contribution in [1.29, 1.82) is 0 Å². The van der Waals surface area contributed by atoms with Crippen molar-refractivity contribution in [3.8, 4) is 0 Å². The highest BCUT2D eigenvalue weighted by Crippen LogP contribution is 2.19. The predicted octanol–water partition coefficient (Wildman–Crippen LogP) is 2.50. The van der Waals surface area contributed by atoms with E-state index in [1.54, 1.807) is 6.07 Å². The first-order valence-corrected chi connectivity index (χ1v) is 4.86. The van der Waals surface area contributed by atoms with Crippen molar-refractivity contribution in [3.05, 3.63) is 35.6 Å². The first-order valence-electron chi connectivity index (χ1n) is 4.86. The number of ether oxygens (including phenoxy) is 1. The predicted molar refractivity (Wildman–Crippen MR) is 59.5 cm³/mol. The number of benzene rings is 1. The normalized spacial score (nSPS) is 25.7. The Bertz CT molecular complexity index is 313. The molecule has 0 bridgehead atoms. The largest absolute Gasteiger partial charge is 0.359 e. The van der Waals surface area contributed by atoms with Gasteiger partial charge in [0, 0.05) is 6.54 Å². The zero-order valence-corrected chi connectivity index (χ0v) is 9.39. The summed E-state index contributed by atoms with van der Waals surface area (Å²) < 4.78 is 18.5. The second-order valence-corrected chi connectivity index (χ2v) is 3.78. The van der Waals surface area contributed by atoms with Gasteiger partial charge in [0.25, 0.3) is 0 Å². The molecule has 2 nitrogen and oxygen atoms in total. The molecule has 84 valence electrons. The molecule has 1 fully saturated rings. The van der Waals surface area contributed by atoms with Gasteiger partial charge in [0.05, 0.1) is 6.61 Å². The molecule has 2 rings (SSSR count). The molecule has 4 heteroatoms. The van der Waals surface area contributed by atoms with Crippen LogP contribution in [0.1, 0.15) is 18.7 Å². The van der Waals surface area contributed by atoms with Crippen LogP contribution in [0.2, 0.25) is 0 Å². The van der Waals surface area contributed by atoms with E-state index >= 15 is 0 Å². The molecule has 1 heterocycles. The van der Waals surface area contributed by atoms with Gasteiger partial charge in [0.1, 0.15) is 12.0 Å². The van der Waals surface area contributed by atoms with Crippen molar-refractivity contribution in [2.75, 3.05) is 13.2 Å². The minimum absolute atomic E-state index is 0. The smallest absolute Gasteiger partial charge is 0.134 e. The number of halogens is 2. The summed E-state index contributed by atoms with van der Waals surface area (Å²) in [4.78, 5) is 0. The van der Waals surface area contributed by atoms with Crippen LogP contribution in [0.25, 0.3) is 0 Å². The molecule has 1 aliphatic rings. The van der Waals surface area contributed by atoms with Crippen LogP contribution in [0.5, 0.6) is 0 Å². The number of nitrogens with one attached hydrogen (secondary N) is 1. The zero-order valence-electron chi connectivity index (χ0n) is 8.57. The van der Waals surface area contributed by atoms with Crippen molar-refractivity contribution in [2.45, 2.75) is 13.2 Å². The first kappa shape index (κ1) is 12.4. The van der Waals surface area contributed by atoms with Crippen LogP contribution < -0.4 is 5.32 Å². The average molecular weight is 232 g/mol. The standard InChI is InChI=1S/C11H14FNO.ClH/c1-8-6-13-11(14-7-8)9-3-2-4-10(12)5-9;/h2-5,8,11,13H,6-7H2,1H3;1H. The quantitative estimate of drug-likeness (QED) is 0.802. The second-order valence-electron chi connectivity index (χ2n) is 3.78. The molecule has 1 aromatic carbocycles. The second kappa shape index (κ2) is 5.45. The topological polar surface area (TPSA) is 21.3 Å². The van der Waals surface area contributed by atoms with Crippen LogP contribution in [0.15, 0.2) is 24.3 Å². The monoisotopic (exact) mass is 231 g/mol. The Hall–Kier alpha value is -0.640. The highest BCUT2D eigenvalue weighted by atomic mass is 35.5. The van der Waals surface area contributed by atoms with E-state index in [0.29, 0.717) is 5.92 Å². The molecule has 15 heavy (non-hydrogen) atoms. The fraction of sp³-hybridized carbons (Fsp3) is 0.455. The van der Waals surface area contributed by atoms with E-state index in [2.05, 4.69) is 12.2 Å².